The van der Waals surface area contributed by atoms with Gasteiger partial charge in [-0.15, -0.1) is 0 Å². The lowest BCUT2D eigenvalue weighted by Gasteiger charge is -2.14. The Morgan fingerprint density at radius 2 is 1.84 bits per heavy atom. The number of hydrogen-bond donors (Lipinski definition) is 2. The first-order valence-corrected chi connectivity index (χ1v) is 9.46. The molecule has 0 saturated heterocycles. The Morgan fingerprint density at radius 3 is 2.48 bits per heavy atom. The van der Waals surface area contributed by atoms with Gasteiger partial charge in [0.05, 0.1) is 10.5 Å². The van der Waals surface area contributed by atoms with Gasteiger partial charge in [-0.3, -0.25) is 4.79 Å². The van der Waals surface area contributed by atoms with Crippen molar-refractivity contribution in [2.45, 2.75) is 24.7 Å². The van der Waals surface area contributed by atoms with E-state index in [1.54, 1.807) is 6.92 Å². The summed E-state index contributed by atoms with van der Waals surface area (Å²) in [4.78, 5) is 12.1. The van der Waals surface area contributed by atoms with Crippen LogP contribution in [-0.4, -0.2) is 27.4 Å². The zero-order chi connectivity index (χ0) is 18.4. The average molecular weight is 364 g/mol. The fourth-order valence-electron chi connectivity index (χ4n) is 2.36. The van der Waals surface area contributed by atoms with Crippen LogP contribution in [0.4, 0.5) is 4.39 Å². The first-order valence-electron chi connectivity index (χ1n) is 7.97. The van der Waals surface area contributed by atoms with E-state index in [0.717, 1.165) is 23.8 Å². The Bertz CT molecular complexity index is 839. The van der Waals surface area contributed by atoms with Gasteiger partial charge in [0, 0.05) is 13.1 Å². The molecular formula is C18H21FN2O3S. The van der Waals surface area contributed by atoms with Crippen molar-refractivity contribution >= 4 is 15.9 Å². The fraction of sp³-hybridized carbons (Fsp3) is 0.278. The summed E-state index contributed by atoms with van der Waals surface area (Å²) in [5.41, 5.74) is 0.756. The number of amides is 1. The van der Waals surface area contributed by atoms with Crippen LogP contribution in [0, 0.1) is 5.82 Å². The molecule has 25 heavy (non-hydrogen) atoms. The van der Waals surface area contributed by atoms with Crippen LogP contribution in [0.2, 0.25) is 0 Å². The molecule has 2 aromatic rings. The Kier molecular flexibility index (Phi) is 6.27. The highest BCUT2D eigenvalue weighted by atomic mass is 32.2. The molecule has 1 unspecified atom stereocenters. The van der Waals surface area contributed by atoms with Crippen LogP contribution in [0.1, 0.15) is 35.7 Å². The highest BCUT2D eigenvalue weighted by Crippen LogP contribution is 2.17. The quantitative estimate of drug-likeness (QED) is 0.793. The molecule has 2 N–H and O–H groups in total. The van der Waals surface area contributed by atoms with Crippen molar-refractivity contribution in [1.29, 1.82) is 0 Å². The normalized spacial score (nSPS) is 12.6. The number of sulfonamides is 1. The summed E-state index contributed by atoms with van der Waals surface area (Å²) in [6, 6.07) is 12.8. The Balaban J connectivity index is 2.14. The summed E-state index contributed by atoms with van der Waals surface area (Å²) in [5.74, 6) is -1.36. The van der Waals surface area contributed by atoms with Gasteiger partial charge in [0.25, 0.3) is 5.91 Å². The molecule has 5 nitrogen and oxygen atoms in total. The van der Waals surface area contributed by atoms with E-state index in [4.69, 9.17) is 0 Å². The first kappa shape index (κ1) is 19.1. The second-order valence-corrected chi connectivity index (χ2v) is 7.43. The summed E-state index contributed by atoms with van der Waals surface area (Å²) < 4.78 is 40.3. The van der Waals surface area contributed by atoms with E-state index in [2.05, 4.69) is 10.0 Å². The molecule has 0 aliphatic heterocycles. The maximum Gasteiger partial charge on any atom is 0.254 e. The number of halogens is 1. The van der Waals surface area contributed by atoms with Crippen molar-refractivity contribution in [2.24, 2.45) is 0 Å². The van der Waals surface area contributed by atoms with E-state index in [1.807, 2.05) is 37.3 Å². The number of carbonyl (C=O) groups excluding carboxylic acids is 1. The van der Waals surface area contributed by atoms with E-state index in [0.29, 0.717) is 6.54 Å². The summed E-state index contributed by atoms with van der Waals surface area (Å²) in [6.07, 6.45) is 0. The predicted octanol–water partition coefficient (Wildman–Crippen LogP) is 2.66. The van der Waals surface area contributed by atoms with Gasteiger partial charge in [-0.25, -0.2) is 17.5 Å². The molecule has 134 valence electrons. The van der Waals surface area contributed by atoms with Crippen molar-refractivity contribution < 1.29 is 17.6 Å². The highest BCUT2D eigenvalue weighted by molar-refractivity contribution is 7.89. The van der Waals surface area contributed by atoms with Crippen LogP contribution in [0.5, 0.6) is 0 Å². The van der Waals surface area contributed by atoms with Crippen LogP contribution >= 0.6 is 0 Å². The molecule has 0 spiro atoms. The monoisotopic (exact) mass is 364 g/mol. The topological polar surface area (TPSA) is 75.3 Å². The van der Waals surface area contributed by atoms with E-state index in [1.165, 1.54) is 0 Å². The maximum absolute atomic E-state index is 14.0. The van der Waals surface area contributed by atoms with Gasteiger partial charge in [-0.1, -0.05) is 44.2 Å². The third kappa shape index (κ3) is 4.87. The van der Waals surface area contributed by atoms with Crippen LogP contribution < -0.4 is 10.0 Å². The van der Waals surface area contributed by atoms with Crippen molar-refractivity contribution in [3.8, 4) is 0 Å². The molecule has 0 radical (unpaired) electrons. The molecule has 1 amide bonds. The summed E-state index contributed by atoms with van der Waals surface area (Å²) in [6.45, 7) is 4.10. The second kappa shape index (κ2) is 8.22. The van der Waals surface area contributed by atoms with Crippen LogP contribution in [0.25, 0.3) is 0 Å². The molecular weight excluding hydrogens is 343 g/mol. The molecule has 2 aromatic carbocycles. The van der Waals surface area contributed by atoms with Crippen molar-refractivity contribution in [3.05, 3.63) is 65.5 Å². The summed E-state index contributed by atoms with van der Waals surface area (Å²) in [5, 5.41) is 2.65. The number of nitrogens with one attached hydrogen (secondary N) is 2. The van der Waals surface area contributed by atoms with Crippen molar-refractivity contribution in [2.75, 3.05) is 13.1 Å². The van der Waals surface area contributed by atoms with Crippen molar-refractivity contribution in [3.63, 3.8) is 0 Å². The van der Waals surface area contributed by atoms with E-state index in [-0.39, 0.29) is 22.9 Å². The fourth-order valence-corrected chi connectivity index (χ4v) is 3.43. The lowest BCUT2D eigenvalue weighted by atomic mass is 10.0. The third-order valence-corrected chi connectivity index (χ3v) is 5.31. The van der Waals surface area contributed by atoms with Crippen LogP contribution in [-0.2, 0) is 10.0 Å². The van der Waals surface area contributed by atoms with Gasteiger partial charge in [0.2, 0.25) is 10.0 Å². The van der Waals surface area contributed by atoms with Gasteiger partial charge >= 0.3 is 0 Å². The molecule has 0 saturated carbocycles. The van der Waals surface area contributed by atoms with Gasteiger partial charge in [0.1, 0.15) is 5.82 Å². The van der Waals surface area contributed by atoms with Gasteiger partial charge in [-0.2, -0.15) is 0 Å². The molecule has 0 fully saturated rings. The predicted molar refractivity (Wildman–Crippen MR) is 94.5 cm³/mol. The molecule has 0 aliphatic rings. The molecule has 0 aromatic heterocycles. The molecule has 7 heteroatoms. The molecule has 0 heterocycles. The lowest BCUT2D eigenvalue weighted by Crippen LogP contribution is -2.29. The largest absolute Gasteiger partial charge is 0.351 e. The van der Waals surface area contributed by atoms with Crippen molar-refractivity contribution in [1.82, 2.24) is 10.0 Å². The highest BCUT2D eigenvalue weighted by Gasteiger charge is 2.19. The van der Waals surface area contributed by atoms with E-state index >= 15 is 0 Å². The van der Waals surface area contributed by atoms with Crippen LogP contribution in [0.3, 0.4) is 0 Å². The number of carbonyl (C=O) groups is 1. The second-order valence-electron chi connectivity index (χ2n) is 5.66. The molecule has 1 atom stereocenters. The number of rotatable bonds is 7. The first-order chi connectivity index (χ1) is 11.8. The molecule has 0 aliphatic carbocycles. The molecule has 2 rings (SSSR count). The number of benzene rings is 2. The van der Waals surface area contributed by atoms with E-state index in [9.17, 15) is 17.6 Å². The van der Waals surface area contributed by atoms with Gasteiger partial charge in [0.15, 0.2) is 0 Å². The minimum Gasteiger partial charge on any atom is -0.351 e. The average Bonchev–Trinajstić information content (AvgIpc) is 2.60. The Hall–Kier alpha value is -2.25. The Labute approximate surface area is 147 Å². The minimum atomic E-state index is -3.75. The van der Waals surface area contributed by atoms with Crippen LogP contribution in [0.15, 0.2) is 53.4 Å². The van der Waals surface area contributed by atoms with E-state index < -0.39 is 21.7 Å². The standard InChI is InChI=1S/C18H21FN2O3S/c1-3-21-25(23,24)15-9-10-17(19)16(11-15)18(22)20-12-13(2)14-7-5-4-6-8-14/h4-11,13,21H,3,12H2,1-2H3,(H,20,22). The summed E-state index contributed by atoms with van der Waals surface area (Å²) in [7, 11) is -3.75. The summed E-state index contributed by atoms with van der Waals surface area (Å²) >= 11 is 0. The van der Waals surface area contributed by atoms with Gasteiger partial charge in [-0.05, 0) is 29.7 Å². The third-order valence-electron chi connectivity index (χ3n) is 3.76. The molecule has 0 bridgehead atoms. The minimum absolute atomic E-state index is 0.0434. The maximum atomic E-state index is 14.0. The van der Waals surface area contributed by atoms with Gasteiger partial charge < -0.3 is 5.32 Å². The SMILES string of the molecule is CCNS(=O)(=O)c1ccc(F)c(C(=O)NCC(C)c2ccccc2)c1. The zero-order valence-corrected chi connectivity index (χ0v) is 14.9. The smallest absolute Gasteiger partial charge is 0.254 e. The lowest BCUT2D eigenvalue weighted by molar-refractivity contribution is 0.0947. The number of hydrogen-bond acceptors (Lipinski definition) is 3. The zero-order valence-electron chi connectivity index (χ0n) is 14.1. The Morgan fingerprint density at radius 1 is 1.16 bits per heavy atom.